The number of nitrogens with one attached hydrogen (secondary N) is 1. The molecule has 2 rings (SSSR count). The normalized spacial score (nSPS) is 12.9. The fourth-order valence-corrected chi connectivity index (χ4v) is 1.89. The maximum atomic E-state index is 11.9. The van der Waals surface area contributed by atoms with Crippen LogP contribution in [0.4, 0.5) is 0 Å². The number of fused-ring (bicyclic) bond motifs is 1. The van der Waals surface area contributed by atoms with Crippen LogP contribution in [0.25, 0.3) is 10.9 Å². The number of carbonyl (C=O) groups is 1. The molecule has 1 unspecified atom stereocenters. The Balaban J connectivity index is 2.78. The van der Waals surface area contributed by atoms with E-state index in [2.05, 4.69) is 4.98 Å². The largest absolute Gasteiger partial charge is 0.507 e. The van der Waals surface area contributed by atoms with Crippen LogP contribution in [0.2, 0.25) is 0 Å². The van der Waals surface area contributed by atoms with E-state index in [4.69, 9.17) is 5.73 Å². The lowest BCUT2D eigenvalue weighted by molar-refractivity contribution is 0.0969. The highest BCUT2D eigenvalue weighted by Gasteiger charge is 2.20. The number of carbonyl (C=O) groups excluding carboxylic acids is 1. The number of benzene rings is 1. The third-order valence-corrected chi connectivity index (χ3v) is 2.65. The van der Waals surface area contributed by atoms with Crippen LogP contribution in [0, 0.1) is 6.92 Å². The Labute approximate surface area is 93.1 Å². The maximum absolute atomic E-state index is 11.9. The van der Waals surface area contributed by atoms with Crippen LogP contribution in [-0.2, 0) is 0 Å². The molecule has 16 heavy (non-hydrogen) atoms. The Morgan fingerprint density at radius 3 is 2.81 bits per heavy atom. The van der Waals surface area contributed by atoms with Crippen LogP contribution in [0.15, 0.2) is 18.2 Å². The van der Waals surface area contributed by atoms with Gasteiger partial charge in [0.25, 0.3) is 0 Å². The minimum atomic E-state index is -0.572. The number of nitrogens with two attached hydrogens (primary N) is 1. The molecule has 1 aromatic heterocycles. The summed E-state index contributed by atoms with van der Waals surface area (Å²) in [5.74, 6) is -0.0592. The van der Waals surface area contributed by atoms with Crippen LogP contribution in [-0.4, -0.2) is 21.9 Å². The van der Waals surface area contributed by atoms with Gasteiger partial charge in [-0.25, -0.2) is 0 Å². The van der Waals surface area contributed by atoms with Gasteiger partial charge >= 0.3 is 0 Å². The lowest BCUT2D eigenvalue weighted by Gasteiger charge is -2.05. The summed E-state index contributed by atoms with van der Waals surface area (Å²) in [4.78, 5) is 15.0. The van der Waals surface area contributed by atoms with Crippen molar-refractivity contribution < 1.29 is 9.90 Å². The molecule has 0 saturated heterocycles. The number of aryl methyl sites for hydroxylation is 1. The Bertz CT molecular complexity index is 555. The molecule has 0 aliphatic rings. The Kier molecular flexibility index (Phi) is 2.44. The minimum absolute atomic E-state index is 0.103. The summed E-state index contributed by atoms with van der Waals surface area (Å²) in [6.07, 6.45) is 0. The second kappa shape index (κ2) is 3.64. The number of H-pyrrole nitrogens is 1. The van der Waals surface area contributed by atoms with Gasteiger partial charge in [0.2, 0.25) is 0 Å². The third kappa shape index (κ3) is 1.47. The number of ketones is 1. The second-order valence-electron chi connectivity index (χ2n) is 3.98. The molecule has 0 aliphatic carbocycles. The van der Waals surface area contributed by atoms with E-state index in [0.29, 0.717) is 10.9 Å². The number of phenolic OH excluding ortho intramolecular Hbond substituents is 1. The molecule has 4 heteroatoms. The van der Waals surface area contributed by atoms with E-state index < -0.39 is 6.04 Å². The molecule has 84 valence electrons. The summed E-state index contributed by atoms with van der Waals surface area (Å²) in [6.45, 7) is 3.44. The molecule has 0 spiro atoms. The topological polar surface area (TPSA) is 79.1 Å². The van der Waals surface area contributed by atoms with Crippen molar-refractivity contribution in [2.45, 2.75) is 19.9 Å². The summed E-state index contributed by atoms with van der Waals surface area (Å²) in [6, 6.07) is 4.54. The molecule has 4 N–H and O–H groups in total. The van der Waals surface area contributed by atoms with E-state index in [9.17, 15) is 9.90 Å². The Morgan fingerprint density at radius 1 is 1.50 bits per heavy atom. The number of aromatic nitrogens is 1. The molecule has 0 fully saturated rings. The molecule has 0 bridgehead atoms. The van der Waals surface area contributed by atoms with E-state index in [1.54, 1.807) is 26.0 Å². The first-order valence-electron chi connectivity index (χ1n) is 5.12. The van der Waals surface area contributed by atoms with Gasteiger partial charge in [0, 0.05) is 5.69 Å². The van der Waals surface area contributed by atoms with Gasteiger partial charge in [0.15, 0.2) is 5.78 Å². The molecule has 2 aromatic rings. The van der Waals surface area contributed by atoms with Gasteiger partial charge in [-0.1, -0.05) is 6.07 Å². The average Bonchev–Trinajstić information content (AvgIpc) is 2.54. The van der Waals surface area contributed by atoms with Crippen LogP contribution < -0.4 is 5.73 Å². The van der Waals surface area contributed by atoms with Gasteiger partial charge in [0.1, 0.15) is 5.75 Å². The first-order valence-corrected chi connectivity index (χ1v) is 5.12. The molecule has 0 saturated carbocycles. The van der Waals surface area contributed by atoms with Gasteiger partial charge in [-0.3, -0.25) is 4.79 Å². The predicted octanol–water partition coefficient (Wildman–Crippen LogP) is 1.71. The van der Waals surface area contributed by atoms with E-state index in [1.807, 2.05) is 6.07 Å². The first-order chi connectivity index (χ1) is 7.52. The summed E-state index contributed by atoms with van der Waals surface area (Å²) in [5.41, 5.74) is 7.57. The third-order valence-electron chi connectivity index (χ3n) is 2.65. The number of aromatic amines is 1. The van der Waals surface area contributed by atoms with Gasteiger partial charge in [-0.05, 0) is 26.0 Å². The lowest BCUT2D eigenvalue weighted by atomic mass is 10.0. The zero-order chi connectivity index (χ0) is 11.9. The van der Waals surface area contributed by atoms with Crippen molar-refractivity contribution in [1.29, 1.82) is 0 Å². The molecule has 0 amide bonds. The highest BCUT2D eigenvalue weighted by Crippen LogP contribution is 2.30. The summed E-state index contributed by atoms with van der Waals surface area (Å²) >= 11 is 0. The summed E-state index contributed by atoms with van der Waals surface area (Å²) in [7, 11) is 0. The van der Waals surface area contributed by atoms with Crippen LogP contribution in [0.5, 0.6) is 5.75 Å². The molecule has 1 atom stereocenters. The van der Waals surface area contributed by atoms with Gasteiger partial charge in [-0.15, -0.1) is 0 Å². The van der Waals surface area contributed by atoms with Crippen molar-refractivity contribution in [3.8, 4) is 5.75 Å². The van der Waals surface area contributed by atoms with Crippen LogP contribution in [0.3, 0.4) is 0 Å². The van der Waals surface area contributed by atoms with E-state index in [-0.39, 0.29) is 11.5 Å². The number of Topliss-reactive ketones (excluding diaryl/α,β-unsaturated/α-hetero) is 1. The summed E-state index contributed by atoms with van der Waals surface area (Å²) < 4.78 is 0. The minimum Gasteiger partial charge on any atom is -0.507 e. The van der Waals surface area contributed by atoms with Gasteiger partial charge in [0.05, 0.1) is 22.5 Å². The number of hydrogen-bond donors (Lipinski definition) is 3. The maximum Gasteiger partial charge on any atom is 0.181 e. The average molecular weight is 218 g/mol. The molecule has 0 radical (unpaired) electrons. The fourth-order valence-electron chi connectivity index (χ4n) is 1.89. The lowest BCUT2D eigenvalue weighted by Crippen LogP contribution is -2.27. The standard InChI is InChI=1S/C12H14N2O2/c1-6(13)12(16)10-7(2)14-8-4-3-5-9(15)11(8)10/h3-6,14-15H,13H2,1-2H3. The van der Waals surface area contributed by atoms with Crippen molar-refractivity contribution in [1.82, 2.24) is 4.98 Å². The Hall–Kier alpha value is -1.81. The van der Waals surface area contributed by atoms with E-state index in [1.165, 1.54) is 0 Å². The van der Waals surface area contributed by atoms with Crippen molar-refractivity contribution in [3.63, 3.8) is 0 Å². The monoisotopic (exact) mass is 218 g/mol. The van der Waals surface area contributed by atoms with Gasteiger partial charge in [-0.2, -0.15) is 0 Å². The Morgan fingerprint density at radius 2 is 2.19 bits per heavy atom. The van der Waals surface area contributed by atoms with Crippen LogP contribution in [0.1, 0.15) is 23.0 Å². The van der Waals surface area contributed by atoms with Crippen LogP contribution >= 0.6 is 0 Å². The molecular weight excluding hydrogens is 204 g/mol. The molecule has 1 aromatic carbocycles. The fraction of sp³-hybridized carbons (Fsp3) is 0.250. The molecule has 4 nitrogen and oxygen atoms in total. The highest BCUT2D eigenvalue weighted by atomic mass is 16.3. The van der Waals surface area contributed by atoms with E-state index >= 15 is 0 Å². The van der Waals surface area contributed by atoms with Crippen molar-refractivity contribution >= 4 is 16.7 Å². The number of aromatic hydroxyl groups is 1. The number of hydrogen-bond acceptors (Lipinski definition) is 3. The number of rotatable bonds is 2. The highest BCUT2D eigenvalue weighted by molar-refractivity contribution is 6.13. The first kappa shape index (κ1) is 10.7. The van der Waals surface area contributed by atoms with E-state index in [0.717, 1.165) is 11.2 Å². The molecule has 0 aliphatic heterocycles. The second-order valence-corrected chi connectivity index (χ2v) is 3.98. The quantitative estimate of drug-likeness (QED) is 0.671. The van der Waals surface area contributed by atoms with Crippen molar-refractivity contribution in [2.75, 3.05) is 0 Å². The van der Waals surface area contributed by atoms with Crippen molar-refractivity contribution in [2.24, 2.45) is 5.73 Å². The zero-order valence-corrected chi connectivity index (χ0v) is 9.24. The SMILES string of the molecule is Cc1[nH]c2cccc(O)c2c1C(=O)C(C)N. The predicted molar refractivity (Wildman–Crippen MR) is 62.7 cm³/mol. The molecule has 1 heterocycles. The zero-order valence-electron chi connectivity index (χ0n) is 9.24. The molecular formula is C12H14N2O2. The van der Waals surface area contributed by atoms with Crippen molar-refractivity contribution in [3.05, 3.63) is 29.5 Å². The smallest absolute Gasteiger partial charge is 0.181 e. The van der Waals surface area contributed by atoms with Gasteiger partial charge < -0.3 is 15.8 Å². The summed E-state index contributed by atoms with van der Waals surface area (Å²) in [5, 5.41) is 10.3. The number of phenols is 1.